The molecule has 1 aromatic heterocycles. The van der Waals surface area contributed by atoms with Gasteiger partial charge in [0.05, 0.1) is 0 Å². The van der Waals surface area contributed by atoms with Crippen molar-refractivity contribution < 1.29 is 9.59 Å². The van der Waals surface area contributed by atoms with Crippen molar-refractivity contribution in [2.24, 2.45) is 0 Å². The Morgan fingerprint density at radius 1 is 1.12 bits per heavy atom. The number of aryl methyl sites for hydroxylation is 1. The van der Waals surface area contributed by atoms with Crippen molar-refractivity contribution in [3.63, 3.8) is 0 Å². The lowest BCUT2D eigenvalue weighted by atomic mass is 10.1. The molecule has 0 aliphatic rings. The summed E-state index contributed by atoms with van der Waals surface area (Å²) in [6, 6.07) is 7.80. The SMILES string of the molecule is CCCNC(=O)CCNC(=O)NCc1cccc(Cn2ccnc2C)c1. The molecular formula is C19H27N5O2. The molecular weight excluding hydrogens is 330 g/mol. The van der Waals surface area contributed by atoms with Crippen LogP contribution in [0.4, 0.5) is 4.79 Å². The Morgan fingerprint density at radius 2 is 1.92 bits per heavy atom. The van der Waals surface area contributed by atoms with Gasteiger partial charge in [-0.15, -0.1) is 0 Å². The summed E-state index contributed by atoms with van der Waals surface area (Å²) in [6.07, 6.45) is 4.92. The third-order valence-corrected chi connectivity index (χ3v) is 3.93. The molecule has 3 N–H and O–H groups in total. The summed E-state index contributed by atoms with van der Waals surface area (Å²) in [5.74, 6) is 0.922. The number of carbonyl (C=O) groups is 2. The minimum Gasteiger partial charge on any atom is -0.356 e. The van der Waals surface area contributed by atoms with Gasteiger partial charge in [-0.05, 0) is 24.5 Å². The molecule has 2 aromatic rings. The Labute approximate surface area is 154 Å². The molecule has 1 heterocycles. The van der Waals surface area contributed by atoms with E-state index in [2.05, 4.69) is 37.6 Å². The molecule has 1 aromatic carbocycles. The molecule has 0 aliphatic carbocycles. The highest BCUT2D eigenvalue weighted by Gasteiger charge is 2.04. The van der Waals surface area contributed by atoms with E-state index < -0.39 is 0 Å². The van der Waals surface area contributed by atoms with E-state index in [-0.39, 0.29) is 18.4 Å². The highest BCUT2D eigenvalue weighted by atomic mass is 16.2. The van der Waals surface area contributed by atoms with Crippen LogP contribution in [-0.2, 0) is 17.9 Å². The molecule has 7 heteroatoms. The van der Waals surface area contributed by atoms with Gasteiger partial charge < -0.3 is 20.5 Å². The van der Waals surface area contributed by atoms with Crippen LogP contribution >= 0.6 is 0 Å². The lowest BCUT2D eigenvalue weighted by Gasteiger charge is -2.10. The van der Waals surface area contributed by atoms with E-state index in [1.807, 2.05) is 32.2 Å². The molecule has 26 heavy (non-hydrogen) atoms. The average molecular weight is 357 g/mol. The first-order chi connectivity index (χ1) is 12.6. The Hall–Kier alpha value is -2.83. The molecule has 2 rings (SSSR count). The van der Waals surface area contributed by atoms with Gasteiger partial charge in [-0.3, -0.25) is 4.79 Å². The summed E-state index contributed by atoms with van der Waals surface area (Å²) in [5.41, 5.74) is 2.18. The summed E-state index contributed by atoms with van der Waals surface area (Å²) in [7, 11) is 0. The molecule has 0 aliphatic heterocycles. The normalized spacial score (nSPS) is 10.4. The summed E-state index contributed by atoms with van der Waals surface area (Å²) in [4.78, 5) is 27.5. The second-order valence-corrected chi connectivity index (χ2v) is 6.13. The van der Waals surface area contributed by atoms with Gasteiger partial charge in [-0.1, -0.05) is 31.2 Å². The molecule has 0 saturated heterocycles. The third kappa shape index (κ3) is 6.58. The van der Waals surface area contributed by atoms with Gasteiger partial charge in [0.2, 0.25) is 5.91 Å². The van der Waals surface area contributed by atoms with Crippen LogP contribution in [0, 0.1) is 6.92 Å². The molecule has 140 valence electrons. The number of amides is 3. The number of nitrogens with zero attached hydrogens (tertiary/aromatic N) is 2. The van der Waals surface area contributed by atoms with E-state index in [1.165, 1.54) is 0 Å². The molecule has 0 atom stereocenters. The van der Waals surface area contributed by atoms with Crippen molar-refractivity contribution >= 4 is 11.9 Å². The van der Waals surface area contributed by atoms with Crippen LogP contribution in [0.3, 0.4) is 0 Å². The number of urea groups is 1. The van der Waals surface area contributed by atoms with Crippen molar-refractivity contribution in [1.82, 2.24) is 25.5 Å². The fraction of sp³-hybridized carbons (Fsp3) is 0.421. The third-order valence-electron chi connectivity index (χ3n) is 3.93. The second-order valence-electron chi connectivity index (χ2n) is 6.13. The highest BCUT2D eigenvalue weighted by molar-refractivity contribution is 5.78. The summed E-state index contributed by atoms with van der Waals surface area (Å²) in [5, 5.41) is 8.28. The van der Waals surface area contributed by atoms with Crippen molar-refractivity contribution in [3.8, 4) is 0 Å². The fourth-order valence-corrected chi connectivity index (χ4v) is 2.49. The van der Waals surface area contributed by atoms with Crippen molar-refractivity contribution in [2.45, 2.75) is 39.8 Å². The number of aromatic nitrogens is 2. The molecule has 7 nitrogen and oxygen atoms in total. The maximum Gasteiger partial charge on any atom is 0.315 e. The average Bonchev–Trinajstić information content (AvgIpc) is 3.03. The van der Waals surface area contributed by atoms with Gasteiger partial charge in [-0.2, -0.15) is 0 Å². The molecule has 0 unspecified atom stereocenters. The number of benzene rings is 1. The van der Waals surface area contributed by atoms with Gasteiger partial charge >= 0.3 is 6.03 Å². The van der Waals surface area contributed by atoms with Crippen molar-refractivity contribution in [1.29, 1.82) is 0 Å². The van der Waals surface area contributed by atoms with Crippen LogP contribution < -0.4 is 16.0 Å². The zero-order valence-corrected chi connectivity index (χ0v) is 15.4. The van der Waals surface area contributed by atoms with Gasteiger partial charge in [0.1, 0.15) is 5.82 Å². The Morgan fingerprint density at radius 3 is 2.65 bits per heavy atom. The Balaban J connectivity index is 1.73. The van der Waals surface area contributed by atoms with Crippen LogP contribution in [0.25, 0.3) is 0 Å². The monoisotopic (exact) mass is 357 g/mol. The first kappa shape index (κ1) is 19.5. The molecule has 0 bridgehead atoms. The number of imidazole rings is 1. The zero-order chi connectivity index (χ0) is 18.8. The predicted octanol–water partition coefficient (Wildman–Crippen LogP) is 1.96. The van der Waals surface area contributed by atoms with Crippen LogP contribution in [0.15, 0.2) is 36.7 Å². The number of hydrogen-bond acceptors (Lipinski definition) is 3. The van der Waals surface area contributed by atoms with Crippen LogP contribution in [0.1, 0.15) is 36.7 Å². The van der Waals surface area contributed by atoms with E-state index in [0.29, 0.717) is 19.6 Å². The minimum absolute atomic E-state index is 0.0466. The van der Waals surface area contributed by atoms with E-state index >= 15 is 0 Å². The first-order valence-electron chi connectivity index (χ1n) is 8.92. The topological polar surface area (TPSA) is 88.0 Å². The lowest BCUT2D eigenvalue weighted by molar-refractivity contribution is -0.120. The summed E-state index contributed by atoms with van der Waals surface area (Å²) >= 11 is 0. The maximum absolute atomic E-state index is 11.8. The van der Waals surface area contributed by atoms with Crippen LogP contribution in [0.5, 0.6) is 0 Å². The fourth-order valence-electron chi connectivity index (χ4n) is 2.49. The molecule has 0 radical (unpaired) electrons. The maximum atomic E-state index is 11.8. The Bertz CT molecular complexity index is 726. The number of rotatable bonds is 9. The van der Waals surface area contributed by atoms with Gasteiger partial charge in [-0.25, -0.2) is 9.78 Å². The van der Waals surface area contributed by atoms with Crippen molar-refractivity contribution in [2.75, 3.05) is 13.1 Å². The van der Waals surface area contributed by atoms with Crippen LogP contribution in [0.2, 0.25) is 0 Å². The standard InChI is InChI=1S/C19H27N5O2/c1-3-8-21-18(25)7-9-22-19(26)23-13-16-5-4-6-17(12-16)14-24-11-10-20-15(24)2/h4-6,10-12H,3,7-9,13-14H2,1-2H3,(H,21,25)(H2,22,23,26). The molecule has 3 amide bonds. The summed E-state index contributed by atoms with van der Waals surface area (Å²) in [6.45, 7) is 6.14. The highest BCUT2D eigenvalue weighted by Crippen LogP contribution is 2.08. The Kier molecular flexibility index (Phi) is 7.67. The molecule has 0 spiro atoms. The largest absolute Gasteiger partial charge is 0.356 e. The molecule has 0 fully saturated rings. The zero-order valence-electron chi connectivity index (χ0n) is 15.4. The number of hydrogen-bond donors (Lipinski definition) is 3. The number of carbonyl (C=O) groups excluding carboxylic acids is 2. The van der Waals surface area contributed by atoms with E-state index in [9.17, 15) is 9.59 Å². The molecule has 0 saturated carbocycles. The number of nitrogens with one attached hydrogen (secondary N) is 3. The summed E-state index contributed by atoms with van der Waals surface area (Å²) < 4.78 is 2.07. The van der Waals surface area contributed by atoms with Gasteiger partial charge in [0.15, 0.2) is 0 Å². The predicted molar refractivity (Wildman–Crippen MR) is 101 cm³/mol. The van der Waals surface area contributed by atoms with E-state index in [4.69, 9.17) is 0 Å². The minimum atomic E-state index is -0.274. The van der Waals surface area contributed by atoms with E-state index in [1.54, 1.807) is 6.20 Å². The van der Waals surface area contributed by atoms with E-state index in [0.717, 1.165) is 29.9 Å². The van der Waals surface area contributed by atoms with Crippen LogP contribution in [-0.4, -0.2) is 34.6 Å². The van der Waals surface area contributed by atoms with Gasteiger partial charge in [0.25, 0.3) is 0 Å². The van der Waals surface area contributed by atoms with Gasteiger partial charge in [0, 0.05) is 45.0 Å². The smallest absolute Gasteiger partial charge is 0.315 e. The second kappa shape index (κ2) is 10.2. The van der Waals surface area contributed by atoms with Crippen molar-refractivity contribution in [3.05, 3.63) is 53.6 Å². The quantitative estimate of drug-likeness (QED) is 0.641. The lowest BCUT2D eigenvalue weighted by Crippen LogP contribution is -2.37. The first-order valence-corrected chi connectivity index (χ1v) is 8.92.